The van der Waals surface area contributed by atoms with Crippen molar-refractivity contribution < 1.29 is 9.90 Å². The van der Waals surface area contributed by atoms with Crippen LogP contribution in [0.25, 0.3) is 10.8 Å². The number of fused-ring (bicyclic) bond motifs is 2. The number of nitrogens with zero attached hydrogens (tertiary/aromatic N) is 1. The molecule has 0 bridgehead atoms. The van der Waals surface area contributed by atoms with Crippen molar-refractivity contribution in [2.45, 2.75) is 6.42 Å². The van der Waals surface area contributed by atoms with Gasteiger partial charge in [-0.05, 0) is 41.0 Å². The molecule has 0 radical (unpaired) electrons. The Bertz CT molecular complexity index is 1290. The van der Waals surface area contributed by atoms with Crippen molar-refractivity contribution in [2.75, 3.05) is 11.9 Å². The number of phenols is 1. The molecule has 4 aromatic rings. The molecule has 1 aliphatic rings. The van der Waals surface area contributed by atoms with Crippen molar-refractivity contribution in [3.05, 3.63) is 107 Å². The third kappa shape index (κ3) is 3.12. The third-order valence-corrected chi connectivity index (χ3v) is 5.46. The van der Waals surface area contributed by atoms with E-state index in [2.05, 4.69) is 11.4 Å². The number of nitrogens with one attached hydrogen (secondary N) is 1. The number of carbonyl (C=O) groups is 1. The summed E-state index contributed by atoms with van der Waals surface area (Å²) in [7, 11) is 0. The Labute approximate surface area is 174 Å². The van der Waals surface area contributed by atoms with Gasteiger partial charge in [-0.2, -0.15) is 0 Å². The molecule has 0 atom stereocenters. The smallest absolute Gasteiger partial charge is 0.259 e. The normalized spacial score (nSPS) is 12.9. The van der Waals surface area contributed by atoms with Crippen LogP contribution in [0.1, 0.15) is 27.0 Å². The van der Waals surface area contributed by atoms with Crippen LogP contribution in [0.3, 0.4) is 0 Å². The number of hydrogen-bond acceptors (Lipinski definition) is 3. The van der Waals surface area contributed by atoms with Crippen molar-refractivity contribution in [2.24, 2.45) is 4.99 Å². The highest BCUT2D eigenvalue weighted by atomic mass is 16.3. The molecule has 4 nitrogen and oxygen atoms in total. The molecule has 1 amide bonds. The van der Waals surface area contributed by atoms with Crippen LogP contribution in [0.5, 0.6) is 5.75 Å². The van der Waals surface area contributed by atoms with Crippen LogP contribution in [0.4, 0.5) is 5.69 Å². The molecule has 0 spiro atoms. The lowest BCUT2D eigenvalue weighted by Gasteiger charge is -2.20. The second kappa shape index (κ2) is 7.48. The van der Waals surface area contributed by atoms with E-state index in [1.165, 1.54) is 5.56 Å². The molecule has 0 aliphatic carbocycles. The summed E-state index contributed by atoms with van der Waals surface area (Å²) in [5, 5.41) is 15.9. The molecular formula is C26H20N2O2. The summed E-state index contributed by atoms with van der Waals surface area (Å²) >= 11 is 0. The van der Waals surface area contributed by atoms with Crippen LogP contribution in [0.15, 0.2) is 89.9 Å². The SMILES string of the molecule is O=C(Nc1ccccc1)c1cc2ccccc2c(C2=NCCc3ccccc32)c1O. The van der Waals surface area contributed by atoms with Crippen LogP contribution in [-0.2, 0) is 6.42 Å². The number of amides is 1. The number of para-hydroxylation sites is 1. The van der Waals surface area contributed by atoms with Crippen LogP contribution in [0.2, 0.25) is 0 Å². The number of aromatic hydroxyl groups is 1. The summed E-state index contributed by atoms with van der Waals surface area (Å²) in [6, 6.07) is 26.9. The number of carbonyl (C=O) groups excluding carboxylic acids is 1. The molecule has 1 heterocycles. The van der Waals surface area contributed by atoms with E-state index in [9.17, 15) is 9.90 Å². The van der Waals surface area contributed by atoms with E-state index in [-0.39, 0.29) is 17.2 Å². The summed E-state index contributed by atoms with van der Waals surface area (Å²) in [4.78, 5) is 17.8. The van der Waals surface area contributed by atoms with Gasteiger partial charge < -0.3 is 10.4 Å². The first-order chi connectivity index (χ1) is 14.7. The number of aliphatic imine (C=N–C) groups is 1. The van der Waals surface area contributed by atoms with Gasteiger partial charge in [-0.25, -0.2) is 0 Å². The van der Waals surface area contributed by atoms with Gasteiger partial charge in [0, 0.05) is 17.8 Å². The lowest BCUT2D eigenvalue weighted by molar-refractivity contribution is 0.102. The highest BCUT2D eigenvalue weighted by molar-refractivity contribution is 6.24. The predicted octanol–water partition coefficient (Wildman–Crippen LogP) is 5.19. The fourth-order valence-corrected chi connectivity index (χ4v) is 4.03. The molecule has 4 aromatic carbocycles. The van der Waals surface area contributed by atoms with Gasteiger partial charge in [0.15, 0.2) is 0 Å². The second-order valence-corrected chi connectivity index (χ2v) is 7.33. The number of phenolic OH excluding ortho intramolecular Hbond substituents is 1. The molecule has 5 rings (SSSR count). The number of hydrogen-bond donors (Lipinski definition) is 2. The summed E-state index contributed by atoms with van der Waals surface area (Å²) in [6.07, 6.45) is 0.868. The Morgan fingerprint density at radius 2 is 1.63 bits per heavy atom. The standard InChI is InChI=1S/C26H20N2O2/c29-25-22(26(30)28-19-10-2-1-3-11-19)16-18-9-5-6-12-20(18)23(25)24-21-13-7-4-8-17(21)14-15-27-24/h1-13,16,29H,14-15H2,(H,28,30). The van der Waals surface area contributed by atoms with Gasteiger partial charge in [0.2, 0.25) is 0 Å². The van der Waals surface area contributed by atoms with Gasteiger partial charge in [-0.15, -0.1) is 0 Å². The van der Waals surface area contributed by atoms with Gasteiger partial charge in [-0.3, -0.25) is 9.79 Å². The van der Waals surface area contributed by atoms with E-state index in [1.807, 2.05) is 72.8 Å². The molecule has 0 fully saturated rings. The zero-order valence-electron chi connectivity index (χ0n) is 16.3. The van der Waals surface area contributed by atoms with Crippen molar-refractivity contribution in [3.63, 3.8) is 0 Å². The van der Waals surface area contributed by atoms with Crippen LogP contribution in [0, 0.1) is 0 Å². The molecule has 30 heavy (non-hydrogen) atoms. The van der Waals surface area contributed by atoms with E-state index in [1.54, 1.807) is 6.07 Å². The zero-order valence-corrected chi connectivity index (χ0v) is 16.3. The number of benzene rings is 4. The van der Waals surface area contributed by atoms with Crippen molar-refractivity contribution in [3.8, 4) is 5.75 Å². The van der Waals surface area contributed by atoms with Crippen LogP contribution in [-0.4, -0.2) is 23.3 Å². The summed E-state index contributed by atoms with van der Waals surface area (Å²) in [6.45, 7) is 0.653. The molecule has 0 aromatic heterocycles. The Kier molecular flexibility index (Phi) is 4.52. The first-order valence-corrected chi connectivity index (χ1v) is 9.96. The first-order valence-electron chi connectivity index (χ1n) is 9.96. The minimum atomic E-state index is -0.351. The predicted molar refractivity (Wildman–Crippen MR) is 121 cm³/mol. The Morgan fingerprint density at radius 1 is 0.900 bits per heavy atom. The van der Waals surface area contributed by atoms with Gasteiger partial charge in [0.05, 0.1) is 16.8 Å². The summed E-state index contributed by atoms with van der Waals surface area (Å²) < 4.78 is 0. The maximum atomic E-state index is 13.0. The topological polar surface area (TPSA) is 61.7 Å². The van der Waals surface area contributed by atoms with Crippen LogP contribution >= 0.6 is 0 Å². The molecule has 0 saturated heterocycles. The van der Waals surface area contributed by atoms with Gasteiger partial charge in [0.1, 0.15) is 5.75 Å². The molecule has 0 unspecified atom stereocenters. The maximum Gasteiger partial charge on any atom is 0.259 e. The fourth-order valence-electron chi connectivity index (χ4n) is 4.03. The van der Waals surface area contributed by atoms with Gasteiger partial charge >= 0.3 is 0 Å². The Balaban J connectivity index is 1.70. The van der Waals surface area contributed by atoms with E-state index in [0.29, 0.717) is 17.8 Å². The maximum absolute atomic E-state index is 13.0. The molecule has 0 saturated carbocycles. The van der Waals surface area contributed by atoms with Crippen molar-refractivity contribution in [1.29, 1.82) is 0 Å². The third-order valence-electron chi connectivity index (χ3n) is 5.46. The Morgan fingerprint density at radius 3 is 2.50 bits per heavy atom. The second-order valence-electron chi connectivity index (χ2n) is 7.33. The highest BCUT2D eigenvalue weighted by Crippen LogP contribution is 2.35. The molecule has 2 N–H and O–H groups in total. The lowest BCUT2D eigenvalue weighted by Crippen LogP contribution is -2.17. The molecule has 1 aliphatic heterocycles. The average Bonchev–Trinajstić information content (AvgIpc) is 2.79. The average molecular weight is 392 g/mol. The molecular weight excluding hydrogens is 372 g/mol. The van der Waals surface area contributed by atoms with E-state index < -0.39 is 0 Å². The molecule has 4 heteroatoms. The number of rotatable bonds is 3. The monoisotopic (exact) mass is 392 g/mol. The number of anilines is 1. The summed E-state index contributed by atoms with van der Waals surface area (Å²) in [5.41, 5.74) is 4.46. The first kappa shape index (κ1) is 18.1. The van der Waals surface area contributed by atoms with E-state index >= 15 is 0 Å². The van der Waals surface area contributed by atoms with Gasteiger partial charge in [0.25, 0.3) is 5.91 Å². The molecule has 146 valence electrons. The minimum Gasteiger partial charge on any atom is -0.506 e. The summed E-state index contributed by atoms with van der Waals surface area (Å²) in [5.74, 6) is -0.395. The van der Waals surface area contributed by atoms with Crippen molar-refractivity contribution in [1.82, 2.24) is 0 Å². The quantitative estimate of drug-likeness (QED) is 0.504. The van der Waals surface area contributed by atoms with Crippen LogP contribution < -0.4 is 5.32 Å². The Hall–Kier alpha value is -3.92. The minimum absolute atomic E-state index is 0.0439. The van der Waals surface area contributed by atoms with Gasteiger partial charge in [-0.1, -0.05) is 66.7 Å². The van der Waals surface area contributed by atoms with E-state index in [4.69, 9.17) is 4.99 Å². The highest BCUT2D eigenvalue weighted by Gasteiger charge is 2.24. The fraction of sp³-hybridized carbons (Fsp3) is 0.0769. The van der Waals surface area contributed by atoms with E-state index in [0.717, 1.165) is 28.5 Å². The lowest BCUT2D eigenvalue weighted by atomic mass is 9.88. The zero-order chi connectivity index (χ0) is 20.5. The largest absolute Gasteiger partial charge is 0.506 e. The van der Waals surface area contributed by atoms with Crippen molar-refractivity contribution >= 4 is 28.1 Å².